The maximum atomic E-state index is 4.85. The predicted octanol–water partition coefficient (Wildman–Crippen LogP) is 4.41. The topological polar surface area (TPSA) is 12.4 Å². The summed E-state index contributed by atoms with van der Waals surface area (Å²) in [7, 11) is 0. The van der Waals surface area contributed by atoms with Crippen LogP contribution in [-0.4, -0.2) is 33.8 Å². The predicted molar refractivity (Wildman–Crippen MR) is 78.1 cm³/mol. The molecule has 0 aromatic rings. The van der Waals surface area contributed by atoms with E-state index >= 15 is 0 Å². The molecule has 0 atom stereocenters. The Kier molecular flexibility index (Phi) is 11.2. The van der Waals surface area contributed by atoms with Gasteiger partial charge >= 0.3 is 113 Å². The molecule has 1 nitrogen and oxygen atoms in total. The second-order valence-corrected chi connectivity index (χ2v) is 13.9. The van der Waals surface area contributed by atoms with Crippen LogP contribution in [-0.2, 0) is 0 Å². The molecule has 0 bridgehead atoms. The minimum absolute atomic E-state index is 1.31. The number of unbranched alkanes of at least 4 members (excludes halogenated alkanes) is 3. The molecule has 0 aliphatic heterocycles. The van der Waals surface area contributed by atoms with E-state index in [4.69, 9.17) is 3.95 Å². The minimum atomic E-state index is -1.92. The van der Waals surface area contributed by atoms with Gasteiger partial charge in [0.1, 0.15) is 0 Å². The molecule has 0 amide bonds. The molecule has 0 spiro atoms. The van der Waals surface area contributed by atoms with Crippen molar-refractivity contribution < 1.29 is 0 Å². The van der Waals surface area contributed by atoms with Crippen molar-refractivity contribution in [2.75, 3.05) is 0 Å². The first-order valence-electron chi connectivity index (χ1n) is 6.83. The van der Waals surface area contributed by atoms with Gasteiger partial charge in [0.2, 0.25) is 0 Å². The summed E-state index contributed by atoms with van der Waals surface area (Å²) in [5.41, 5.74) is 0. The Labute approximate surface area is 112 Å². The fourth-order valence-corrected chi connectivity index (χ4v) is 13.3. The van der Waals surface area contributed by atoms with E-state index in [0.717, 1.165) is 0 Å². The van der Waals surface area contributed by atoms with Crippen LogP contribution in [0.15, 0.2) is 3.95 Å². The molecule has 0 aromatic heterocycles. The third-order valence-corrected chi connectivity index (χ3v) is 13.5. The first-order valence-corrected chi connectivity index (χ1v) is 13.1. The summed E-state index contributed by atoms with van der Waals surface area (Å²) in [5.74, 6) is 0. The SMILES string of the molecule is CCC[CH2][Ge]([CH2]CCC)([CH2]CCC)[N]=C=[Se]. The molecule has 0 aliphatic rings. The van der Waals surface area contributed by atoms with Crippen LogP contribution in [0.5, 0.6) is 0 Å². The molecule has 94 valence electrons. The van der Waals surface area contributed by atoms with Crippen molar-refractivity contribution in [1.29, 1.82) is 0 Å². The van der Waals surface area contributed by atoms with Crippen molar-refractivity contribution >= 4 is 33.8 Å². The molecule has 0 unspecified atom stereocenters. The Morgan fingerprint density at radius 3 is 1.50 bits per heavy atom. The molecule has 0 aromatic carbocycles. The second-order valence-electron chi connectivity index (χ2n) is 4.74. The number of hydrogen-bond acceptors (Lipinski definition) is 1. The van der Waals surface area contributed by atoms with Gasteiger partial charge in [0.25, 0.3) is 0 Å². The van der Waals surface area contributed by atoms with E-state index in [9.17, 15) is 0 Å². The Morgan fingerprint density at radius 2 is 1.25 bits per heavy atom. The number of nitrogens with zero attached hydrogens (tertiary/aromatic N) is 1. The quantitative estimate of drug-likeness (QED) is 0.409. The van der Waals surface area contributed by atoms with E-state index in [0.29, 0.717) is 0 Å². The number of hydrogen-bond donors (Lipinski definition) is 0. The van der Waals surface area contributed by atoms with Gasteiger partial charge in [-0.2, -0.15) is 0 Å². The van der Waals surface area contributed by atoms with Crippen molar-refractivity contribution in [2.45, 2.75) is 75.1 Å². The fourth-order valence-electron chi connectivity index (χ4n) is 2.16. The number of rotatable bonds is 10. The van der Waals surface area contributed by atoms with E-state index in [1.165, 1.54) is 54.3 Å². The molecule has 0 N–H and O–H groups in total. The molecule has 0 aliphatic carbocycles. The summed E-state index contributed by atoms with van der Waals surface area (Å²) >= 11 is 0.934. The van der Waals surface area contributed by atoms with Gasteiger partial charge in [-0.15, -0.1) is 0 Å². The van der Waals surface area contributed by atoms with E-state index in [1.807, 2.05) is 0 Å². The van der Waals surface area contributed by atoms with Crippen LogP contribution >= 0.6 is 0 Å². The van der Waals surface area contributed by atoms with E-state index in [-0.39, 0.29) is 0 Å². The standard InChI is InChI=1S/C13H27GeNSe/c1-4-7-10-14(15-13-16,11-8-5-2)12-9-6-3/h4-12H2,1-3H3. The zero-order chi connectivity index (χ0) is 12.3. The Morgan fingerprint density at radius 1 is 0.875 bits per heavy atom. The van der Waals surface area contributed by atoms with Crippen molar-refractivity contribution in [1.82, 2.24) is 0 Å². The summed E-state index contributed by atoms with van der Waals surface area (Å²) in [5, 5.41) is 4.27. The summed E-state index contributed by atoms with van der Waals surface area (Å²) in [6, 6.07) is 0. The van der Waals surface area contributed by atoms with Crippen LogP contribution < -0.4 is 0 Å². The van der Waals surface area contributed by atoms with Crippen molar-refractivity contribution in [3.8, 4) is 0 Å². The van der Waals surface area contributed by atoms with Gasteiger partial charge in [-0.3, -0.25) is 0 Å². The van der Waals surface area contributed by atoms with Gasteiger partial charge < -0.3 is 0 Å². The summed E-state index contributed by atoms with van der Waals surface area (Å²) in [6.45, 7) is 6.87. The van der Waals surface area contributed by atoms with E-state index in [1.54, 1.807) is 0 Å². The summed E-state index contributed by atoms with van der Waals surface area (Å²) in [6.07, 6.45) is 8.06. The van der Waals surface area contributed by atoms with Gasteiger partial charge in [0.05, 0.1) is 0 Å². The molecular formula is C13H27GeNSe. The molecule has 16 heavy (non-hydrogen) atoms. The zero-order valence-corrected chi connectivity index (χ0v) is 15.0. The van der Waals surface area contributed by atoms with Crippen molar-refractivity contribution in [3.63, 3.8) is 0 Å². The van der Waals surface area contributed by atoms with Crippen LogP contribution in [0.1, 0.15) is 59.3 Å². The van der Waals surface area contributed by atoms with Gasteiger partial charge in [-0.25, -0.2) is 0 Å². The fraction of sp³-hybridized carbons (Fsp3) is 0.923. The van der Waals surface area contributed by atoms with Gasteiger partial charge in [0, 0.05) is 0 Å². The summed E-state index contributed by atoms with van der Waals surface area (Å²) < 4.78 is 7.87. The third-order valence-electron chi connectivity index (χ3n) is 3.27. The van der Waals surface area contributed by atoms with Gasteiger partial charge in [-0.1, -0.05) is 0 Å². The molecule has 0 radical (unpaired) electrons. The molecular weight excluding hydrogens is 322 g/mol. The average molecular weight is 349 g/mol. The zero-order valence-electron chi connectivity index (χ0n) is 11.2. The summed E-state index contributed by atoms with van der Waals surface area (Å²) in [4.78, 5) is 0. The Balaban J connectivity index is 4.51. The Hall–Kier alpha value is 0.642. The molecule has 0 rings (SSSR count). The van der Waals surface area contributed by atoms with Crippen LogP contribution in [0.2, 0.25) is 15.8 Å². The van der Waals surface area contributed by atoms with Gasteiger partial charge in [-0.05, 0) is 0 Å². The van der Waals surface area contributed by atoms with Crippen molar-refractivity contribution in [2.24, 2.45) is 3.95 Å². The van der Waals surface area contributed by atoms with E-state index < -0.39 is 13.5 Å². The monoisotopic (exact) mass is 351 g/mol. The van der Waals surface area contributed by atoms with Crippen LogP contribution in [0.3, 0.4) is 0 Å². The second kappa shape index (κ2) is 10.8. The molecule has 0 saturated carbocycles. The van der Waals surface area contributed by atoms with Crippen LogP contribution in [0, 0.1) is 0 Å². The normalized spacial score (nSPS) is 11.2. The molecule has 0 fully saturated rings. The Bertz CT molecular complexity index is 190. The third kappa shape index (κ3) is 7.06. The van der Waals surface area contributed by atoms with Crippen LogP contribution in [0.4, 0.5) is 0 Å². The maximum absolute atomic E-state index is 4.85. The van der Waals surface area contributed by atoms with Crippen LogP contribution in [0.25, 0.3) is 0 Å². The molecule has 0 heterocycles. The first-order chi connectivity index (χ1) is 7.74. The van der Waals surface area contributed by atoms with E-state index in [2.05, 4.69) is 41.1 Å². The molecule has 0 saturated heterocycles. The first kappa shape index (κ1) is 16.6. The van der Waals surface area contributed by atoms with Gasteiger partial charge in [0.15, 0.2) is 0 Å². The van der Waals surface area contributed by atoms with Crippen molar-refractivity contribution in [3.05, 3.63) is 0 Å². The average Bonchev–Trinajstić information content (AvgIpc) is 2.31. The molecule has 3 heteroatoms.